The van der Waals surface area contributed by atoms with Crippen LogP contribution in [0, 0.1) is 6.92 Å². The molecule has 0 aliphatic rings. The lowest BCUT2D eigenvalue weighted by molar-refractivity contribution is 0.0962. The van der Waals surface area contributed by atoms with E-state index in [-0.39, 0.29) is 5.76 Å². The predicted molar refractivity (Wildman–Crippen MR) is 89.7 cm³/mol. The molecule has 2 heterocycles. The normalized spacial score (nSPS) is 11.9. The largest absolute Gasteiger partial charge is 0.495 e. The van der Waals surface area contributed by atoms with Gasteiger partial charge in [-0.1, -0.05) is 16.5 Å². The number of benzene rings is 1. The summed E-state index contributed by atoms with van der Waals surface area (Å²) in [5, 5.41) is 3.72. The molecule has 0 atom stereocenters. The van der Waals surface area contributed by atoms with Crippen LogP contribution in [0.1, 0.15) is 23.2 Å². The number of rotatable bonds is 4. The Morgan fingerprint density at radius 1 is 1.33 bits per heavy atom. The monoisotopic (exact) mass is 347 g/mol. The SMILES string of the molecule is CCn1c(=NC(=O)c2cc(C)no2)sc2c(OC)ccc(OC)c21. The molecule has 3 rings (SSSR count). The van der Waals surface area contributed by atoms with Gasteiger partial charge in [0.2, 0.25) is 5.76 Å². The lowest BCUT2D eigenvalue weighted by atomic mass is 10.3. The molecule has 2 aromatic heterocycles. The van der Waals surface area contributed by atoms with E-state index >= 15 is 0 Å². The van der Waals surface area contributed by atoms with E-state index in [1.807, 2.05) is 23.6 Å². The van der Waals surface area contributed by atoms with E-state index in [0.29, 0.717) is 28.5 Å². The van der Waals surface area contributed by atoms with Crippen LogP contribution in [0.3, 0.4) is 0 Å². The number of ether oxygens (including phenoxy) is 2. The van der Waals surface area contributed by atoms with Crippen molar-refractivity contribution in [3.63, 3.8) is 0 Å². The van der Waals surface area contributed by atoms with E-state index in [0.717, 1.165) is 10.2 Å². The molecule has 8 heteroatoms. The summed E-state index contributed by atoms with van der Waals surface area (Å²) in [7, 11) is 3.22. The third kappa shape index (κ3) is 2.69. The summed E-state index contributed by atoms with van der Waals surface area (Å²) < 4.78 is 18.7. The molecule has 1 amide bonds. The molecule has 0 saturated carbocycles. The van der Waals surface area contributed by atoms with Gasteiger partial charge in [0, 0.05) is 12.6 Å². The van der Waals surface area contributed by atoms with Crippen LogP contribution >= 0.6 is 11.3 Å². The van der Waals surface area contributed by atoms with Gasteiger partial charge in [-0.05, 0) is 26.0 Å². The van der Waals surface area contributed by atoms with E-state index in [2.05, 4.69) is 10.1 Å². The Morgan fingerprint density at radius 3 is 2.62 bits per heavy atom. The molecule has 0 bridgehead atoms. The van der Waals surface area contributed by atoms with Crippen LogP contribution in [0.4, 0.5) is 0 Å². The van der Waals surface area contributed by atoms with Crippen LogP contribution in [0.2, 0.25) is 0 Å². The van der Waals surface area contributed by atoms with Crippen molar-refractivity contribution in [3.8, 4) is 11.5 Å². The minimum atomic E-state index is -0.470. The summed E-state index contributed by atoms with van der Waals surface area (Å²) in [6, 6.07) is 5.24. The first-order chi connectivity index (χ1) is 11.6. The topological polar surface area (TPSA) is 78.9 Å². The summed E-state index contributed by atoms with van der Waals surface area (Å²) in [5.74, 6) is 1.06. The first-order valence-electron chi connectivity index (χ1n) is 7.35. The Morgan fingerprint density at radius 2 is 2.04 bits per heavy atom. The Bertz CT molecular complexity index is 968. The number of nitrogens with zero attached hydrogens (tertiary/aromatic N) is 3. The van der Waals surface area contributed by atoms with Crippen LogP contribution < -0.4 is 14.3 Å². The smallest absolute Gasteiger partial charge is 0.318 e. The Balaban J connectivity index is 2.24. The summed E-state index contributed by atoms with van der Waals surface area (Å²) in [5.41, 5.74) is 1.49. The van der Waals surface area contributed by atoms with Crippen molar-refractivity contribution in [3.05, 3.63) is 34.5 Å². The number of carbonyl (C=O) groups is 1. The highest BCUT2D eigenvalue weighted by molar-refractivity contribution is 7.16. The molecular formula is C16H17N3O4S. The molecule has 7 nitrogen and oxygen atoms in total. The number of carbonyl (C=O) groups excluding carboxylic acids is 1. The highest BCUT2D eigenvalue weighted by Gasteiger charge is 2.17. The van der Waals surface area contributed by atoms with Crippen molar-refractivity contribution >= 4 is 27.5 Å². The average Bonchev–Trinajstić information content (AvgIpc) is 3.17. The van der Waals surface area contributed by atoms with E-state index in [1.54, 1.807) is 27.2 Å². The van der Waals surface area contributed by atoms with E-state index < -0.39 is 5.91 Å². The van der Waals surface area contributed by atoms with Crippen molar-refractivity contribution in [2.24, 2.45) is 4.99 Å². The van der Waals surface area contributed by atoms with E-state index in [9.17, 15) is 4.79 Å². The van der Waals surface area contributed by atoms with Gasteiger partial charge in [-0.2, -0.15) is 4.99 Å². The second kappa shape index (κ2) is 6.48. The lowest BCUT2D eigenvalue weighted by Crippen LogP contribution is -2.16. The highest BCUT2D eigenvalue weighted by Crippen LogP contribution is 2.35. The minimum absolute atomic E-state index is 0.117. The molecule has 0 N–H and O–H groups in total. The fourth-order valence-electron chi connectivity index (χ4n) is 2.44. The Hall–Kier alpha value is -2.61. The second-order valence-electron chi connectivity index (χ2n) is 5.03. The van der Waals surface area contributed by atoms with Gasteiger partial charge in [0.25, 0.3) is 0 Å². The molecule has 126 valence electrons. The van der Waals surface area contributed by atoms with Crippen LogP contribution in [0.25, 0.3) is 10.2 Å². The third-order valence-corrected chi connectivity index (χ3v) is 4.64. The van der Waals surface area contributed by atoms with Crippen molar-refractivity contribution in [2.45, 2.75) is 20.4 Å². The maximum absolute atomic E-state index is 12.3. The fourth-order valence-corrected chi connectivity index (χ4v) is 3.64. The quantitative estimate of drug-likeness (QED) is 0.725. The zero-order chi connectivity index (χ0) is 17.3. The lowest BCUT2D eigenvalue weighted by Gasteiger charge is -2.08. The van der Waals surface area contributed by atoms with Gasteiger partial charge < -0.3 is 18.6 Å². The minimum Gasteiger partial charge on any atom is -0.495 e. The van der Waals surface area contributed by atoms with Gasteiger partial charge >= 0.3 is 5.91 Å². The van der Waals surface area contributed by atoms with Crippen LogP contribution in [-0.2, 0) is 6.54 Å². The number of thiazole rings is 1. The standard InChI is InChI=1S/C16H17N3O4S/c1-5-19-13-10(21-3)6-7-11(22-4)14(13)24-16(19)17-15(20)12-8-9(2)18-23-12/h6-8H,5H2,1-4H3. The fraction of sp³-hybridized carbons (Fsp3) is 0.312. The molecule has 0 fully saturated rings. The molecule has 0 aliphatic heterocycles. The van der Waals surface area contributed by atoms with Gasteiger partial charge in [0.1, 0.15) is 21.7 Å². The maximum atomic E-state index is 12.3. The van der Waals surface area contributed by atoms with Crippen LogP contribution in [0.15, 0.2) is 27.7 Å². The first-order valence-corrected chi connectivity index (χ1v) is 8.17. The molecule has 3 aromatic rings. The van der Waals surface area contributed by atoms with E-state index in [4.69, 9.17) is 14.0 Å². The molecule has 24 heavy (non-hydrogen) atoms. The highest BCUT2D eigenvalue weighted by atomic mass is 32.1. The summed E-state index contributed by atoms with van der Waals surface area (Å²) in [4.78, 5) is 17.1. The Kier molecular flexibility index (Phi) is 4.39. The van der Waals surface area contributed by atoms with Crippen molar-refractivity contribution in [1.29, 1.82) is 0 Å². The number of fused-ring (bicyclic) bond motifs is 1. The molecule has 1 aromatic carbocycles. The molecule has 0 radical (unpaired) electrons. The number of aromatic nitrogens is 2. The van der Waals surface area contributed by atoms with E-state index in [1.165, 1.54) is 11.3 Å². The second-order valence-corrected chi connectivity index (χ2v) is 6.00. The number of hydrogen-bond donors (Lipinski definition) is 0. The van der Waals surface area contributed by atoms with Crippen molar-refractivity contribution in [1.82, 2.24) is 9.72 Å². The zero-order valence-electron chi connectivity index (χ0n) is 13.8. The number of hydrogen-bond acceptors (Lipinski definition) is 6. The first kappa shape index (κ1) is 16.3. The summed E-state index contributed by atoms with van der Waals surface area (Å²) in [6.07, 6.45) is 0. The molecule has 0 spiro atoms. The molecule has 0 unspecified atom stereocenters. The summed E-state index contributed by atoms with van der Waals surface area (Å²) in [6.45, 7) is 4.36. The van der Waals surface area contributed by atoms with Crippen LogP contribution in [-0.4, -0.2) is 29.9 Å². The van der Waals surface area contributed by atoms with Crippen molar-refractivity contribution < 1.29 is 18.8 Å². The zero-order valence-corrected chi connectivity index (χ0v) is 14.6. The van der Waals surface area contributed by atoms with Gasteiger partial charge in [-0.3, -0.25) is 4.79 Å². The number of methoxy groups -OCH3 is 2. The number of aryl methyl sites for hydroxylation is 2. The van der Waals surface area contributed by atoms with Gasteiger partial charge in [-0.25, -0.2) is 0 Å². The third-order valence-electron chi connectivity index (χ3n) is 3.54. The van der Waals surface area contributed by atoms with Gasteiger partial charge in [-0.15, -0.1) is 0 Å². The van der Waals surface area contributed by atoms with Crippen LogP contribution in [0.5, 0.6) is 11.5 Å². The predicted octanol–water partition coefficient (Wildman–Crippen LogP) is 2.78. The molecule has 0 aliphatic carbocycles. The van der Waals surface area contributed by atoms with Gasteiger partial charge in [0.15, 0.2) is 4.80 Å². The van der Waals surface area contributed by atoms with Crippen molar-refractivity contribution in [2.75, 3.05) is 14.2 Å². The average molecular weight is 347 g/mol. The maximum Gasteiger partial charge on any atom is 0.318 e. The van der Waals surface area contributed by atoms with Gasteiger partial charge in [0.05, 0.1) is 19.9 Å². The Labute approximate surface area is 142 Å². The number of amides is 1. The summed E-state index contributed by atoms with van der Waals surface area (Å²) >= 11 is 1.37. The molecule has 0 saturated heterocycles. The molecular weight excluding hydrogens is 330 g/mol.